The van der Waals surface area contributed by atoms with Crippen molar-refractivity contribution in [1.82, 2.24) is 19.4 Å². The van der Waals surface area contributed by atoms with E-state index in [1.54, 1.807) is 33.7 Å². The van der Waals surface area contributed by atoms with Crippen LogP contribution >= 0.6 is 23.2 Å². The van der Waals surface area contributed by atoms with Crippen LogP contribution in [0.2, 0.25) is 10.0 Å². The molecule has 0 bridgehead atoms. The number of amides is 2. The number of aromatic nitrogens is 2. The second-order valence-electron chi connectivity index (χ2n) is 9.19. The summed E-state index contributed by atoms with van der Waals surface area (Å²) in [5.41, 5.74) is 2.59. The molecule has 1 aromatic heterocycles. The van der Waals surface area contributed by atoms with Crippen LogP contribution in [0.3, 0.4) is 0 Å². The van der Waals surface area contributed by atoms with Gasteiger partial charge in [0.1, 0.15) is 5.82 Å². The number of urea groups is 1. The lowest BCUT2D eigenvalue weighted by Gasteiger charge is -2.31. The third-order valence-corrected chi connectivity index (χ3v) is 6.70. The van der Waals surface area contributed by atoms with Crippen molar-refractivity contribution < 1.29 is 4.79 Å². The number of hydrogen-bond acceptors (Lipinski definition) is 4. The molecule has 4 rings (SSSR count). The Kier molecular flexibility index (Phi) is 8.17. The van der Waals surface area contributed by atoms with Gasteiger partial charge in [0.15, 0.2) is 0 Å². The van der Waals surface area contributed by atoms with Crippen LogP contribution in [-0.4, -0.2) is 52.6 Å². The molecule has 1 atom stereocenters. The Balaban J connectivity index is 1.82. The lowest BCUT2D eigenvalue weighted by molar-refractivity contribution is 0.181. The number of nitrogens with zero attached hydrogens (tertiary/aromatic N) is 4. The number of benzene rings is 3. The Labute approximate surface area is 226 Å². The van der Waals surface area contributed by atoms with Crippen LogP contribution in [0.1, 0.15) is 24.4 Å². The summed E-state index contributed by atoms with van der Waals surface area (Å²) < 4.78 is 1.59. The highest BCUT2D eigenvalue weighted by atomic mass is 35.5. The van der Waals surface area contributed by atoms with E-state index in [-0.39, 0.29) is 11.6 Å². The molecule has 7 nitrogen and oxygen atoms in total. The van der Waals surface area contributed by atoms with Crippen molar-refractivity contribution in [1.29, 1.82) is 0 Å². The topological polar surface area (TPSA) is 70.5 Å². The maximum Gasteiger partial charge on any atom is 0.322 e. The maximum atomic E-state index is 13.7. The molecule has 0 aliphatic heterocycles. The van der Waals surface area contributed by atoms with Gasteiger partial charge in [-0.25, -0.2) is 9.78 Å². The van der Waals surface area contributed by atoms with Crippen molar-refractivity contribution in [2.45, 2.75) is 19.9 Å². The fraction of sp³-hybridized carbons (Fsp3) is 0.250. The summed E-state index contributed by atoms with van der Waals surface area (Å²) in [7, 11) is 3.88. The van der Waals surface area contributed by atoms with E-state index in [2.05, 4.69) is 5.32 Å². The predicted octanol–water partition coefficient (Wildman–Crippen LogP) is 6.16. The lowest BCUT2D eigenvalue weighted by atomic mass is 10.1. The van der Waals surface area contributed by atoms with E-state index in [1.807, 2.05) is 75.3 Å². The smallest absolute Gasteiger partial charge is 0.313 e. The Bertz CT molecular complexity index is 1480. The maximum absolute atomic E-state index is 13.7. The monoisotopic (exact) mass is 537 g/mol. The van der Waals surface area contributed by atoms with Crippen LogP contribution in [0.25, 0.3) is 16.6 Å². The van der Waals surface area contributed by atoms with E-state index in [9.17, 15) is 9.59 Å². The average Bonchev–Trinajstić information content (AvgIpc) is 2.86. The second-order valence-corrected chi connectivity index (χ2v) is 10.0. The number of rotatable bonds is 7. The zero-order valence-electron chi connectivity index (χ0n) is 21.2. The molecule has 192 valence electrons. The first-order valence-corrected chi connectivity index (χ1v) is 12.7. The SMILES string of the molecule is Cc1ccc(-n2c(C(C)N(CCN(C)C)C(=O)Nc3ccc(Cl)cc3Cl)nc3ccccc3c2=O)cc1. The number of anilines is 1. The van der Waals surface area contributed by atoms with Crippen molar-refractivity contribution in [2.24, 2.45) is 0 Å². The van der Waals surface area contributed by atoms with Crippen molar-refractivity contribution in [3.05, 3.63) is 98.5 Å². The number of likely N-dealkylation sites (N-methyl/N-ethyl adjacent to an activating group) is 1. The summed E-state index contributed by atoms with van der Waals surface area (Å²) in [5.74, 6) is 0.462. The Morgan fingerprint density at radius 3 is 2.41 bits per heavy atom. The molecule has 1 heterocycles. The lowest BCUT2D eigenvalue weighted by Crippen LogP contribution is -2.43. The molecule has 4 aromatic rings. The van der Waals surface area contributed by atoms with E-state index >= 15 is 0 Å². The predicted molar refractivity (Wildman–Crippen MR) is 151 cm³/mol. The number of hydrogen-bond donors (Lipinski definition) is 1. The Morgan fingerprint density at radius 2 is 1.73 bits per heavy atom. The fourth-order valence-corrected chi connectivity index (χ4v) is 4.53. The summed E-state index contributed by atoms with van der Waals surface area (Å²) in [5, 5.41) is 4.21. The standard InChI is InChI=1S/C28H29Cl2N5O2/c1-18-9-12-21(13-10-18)35-26(31-24-8-6-5-7-22(24)27(35)36)19(2)34(16-15-33(3)4)28(37)32-25-14-11-20(29)17-23(25)30/h5-14,17,19H,15-16H2,1-4H3,(H,32,37). The molecule has 1 N–H and O–H groups in total. The highest BCUT2D eigenvalue weighted by molar-refractivity contribution is 6.36. The molecule has 9 heteroatoms. The summed E-state index contributed by atoms with van der Waals surface area (Å²) in [4.78, 5) is 35.9. The number of carbonyl (C=O) groups is 1. The van der Waals surface area contributed by atoms with Gasteiger partial charge in [-0.3, -0.25) is 9.36 Å². The number of fused-ring (bicyclic) bond motifs is 1. The minimum Gasteiger partial charge on any atom is -0.313 e. The number of aryl methyl sites for hydroxylation is 1. The Morgan fingerprint density at radius 1 is 1.03 bits per heavy atom. The van der Waals surface area contributed by atoms with Crippen molar-refractivity contribution in [3.63, 3.8) is 0 Å². The molecular formula is C28H29Cl2N5O2. The zero-order valence-corrected chi connectivity index (χ0v) is 22.7. The second kappa shape index (κ2) is 11.3. The average molecular weight is 538 g/mol. The fourth-order valence-electron chi connectivity index (χ4n) is 4.07. The summed E-state index contributed by atoms with van der Waals surface area (Å²) in [6.07, 6.45) is 0. The molecule has 0 aliphatic rings. The largest absolute Gasteiger partial charge is 0.322 e. The third-order valence-electron chi connectivity index (χ3n) is 6.16. The zero-order chi connectivity index (χ0) is 26.7. The quantitative estimate of drug-likeness (QED) is 0.306. The molecule has 0 fully saturated rings. The van der Waals surface area contributed by atoms with E-state index < -0.39 is 6.04 Å². The van der Waals surface area contributed by atoms with E-state index in [0.717, 1.165) is 5.56 Å². The van der Waals surface area contributed by atoms with Gasteiger partial charge < -0.3 is 15.1 Å². The minimum absolute atomic E-state index is 0.190. The third kappa shape index (κ3) is 5.96. The first-order chi connectivity index (χ1) is 17.7. The van der Waals surface area contributed by atoms with Gasteiger partial charge in [-0.15, -0.1) is 0 Å². The number of para-hydroxylation sites is 1. The summed E-state index contributed by atoms with van der Waals surface area (Å²) in [6, 6.07) is 18.9. The number of carbonyl (C=O) groups excluding carboxylic acids is 1. The van der Waals surface area contributed by atoms with Crippen LogP contribution in [0.5, 0.6) is 0 Å². The molecule has 37 heavy (non-hydrogen) atoms. The van der Waals surface area contributed by atoms with Gasteiger partial charge in [0.25, 0.3) is 5.56 Å². The first-order valence-electron chi connectivity index (χ1n) is 11.9. The van der Waals surface area contributed by atoms with E-state index in [1.165, 1.54) is 0 Å². The minimum atomic E-state index is -0.551. The normalized spacial score (nSPS) is 12.1. The molecule has 3 aromatic carbocycles. The van der Waals surface area contributed by atoms with Crippen LogP contribution in [0.15, 0.2) is 71.5 Å². The molecular weight excluding hydrogens is 509 g/mol. The van der Waals surface area contributed by atoms with Gasteiger partial charge in [-0.05, 0) is 70.4 Å². The van der Waals surface area contributed by atoms with Crippen molar-refractivity contribution in [3.8, 4) is 5.69 Å². The Hall–Kier alpha value is -3.39. The van der Waals surface area contributed by atoms with Gasteiger partial charge >= 0.3 is 6.03 Å². The van der Waals surface area contributed by atoms with Crippen molar-refractivity contribution >= 4 is 45.8 Å². The van der Waals surface area contributed by atoms with Crippen LogP contribution in [-0.2, 0) is 0 Å². The molecule has 0 aliphatic carbocycles. The summed E-state index contributed by atoms with van der Waals surface area (Å²) >= 11 is 12.3. The highest BCUT2D eigenvalue weighted by Gasteiger charge is 2.27. The van der Waals surface area contributed by atoms with Gasteiger partial charge in [0, 0.05) is 18.1 Å². The number of halogens is 2. The van der Waals surface area contributed by atoms with Crippen LogP contribution < -0.4 is 10.9 Å². The van der Waals surface area contributed by atoms with Gasteiger partial charge in [-0.1, -0.05) is 53.0 Å². The van der Waals surface area contributed by atoms with Gasteiger partial charge in [0.05, 0.1) is 33.3 Å². The molecule has 0 radical (unpaired) electrons. The molecule has 2 amide bonds. The van der Waals surface area contributed by atoms with Gasteiger partial charge in [-0.2, -0.15) is 0 Å². The molecule has 0 spiro atoms. The van der Waals surface area contributed by atoms with Crippen molar-refractivity contribution in [2.75, 3.05) is 32.5 Å². The molecule has 0 saturated heterocycles. The van der Waals surface area contributed by atoms with Crippen LogP contribution in [0.4, 0.5) is 10.5 Å². The van der Waals surface area contributed by atoms with E-state index in [4.69, 9.17) is 28.2 Å². The molecule has 1 unspecified atom stereocenters. The van der Waals surface area contributed by atoms with Crippen LogP contribution in [0, 0.1) is 6.92 Å². The number of nitrogens with one attached hydrogen (secondary N) is 1. The van der Waals surface area contributed by atoms with Gasteiger partial charge in [0.2, 0.25) is 0 Å². The molecule has 0 saturated carbocycles. The first kappa shape index (κ1) is 26.7. The highest BCUT2D eigenvalue weighted by Crippen LogP contribution is 2.28. The summed E-state index contributed by atoms with van der Waals surface area (Å²) in [6.45, 7) is 4.86. The van der Waals surface area contributed by atoms with E-state index in [0.29, 0.717) is 51.2 Å².